The number of ether oxygens (including phenoxy) is 2. The first kappa shape index (κ1) is 16.0. The highest BCUT2D eigenvalue weighted by atomic mass is 35.5. The number of rotatable bonds is 6. The molecule has 0 fully saturated rings. The van der Waals surface area contributed by atoms with Crippen molar-refractivity contribution in [2.24, 2.45) is 0 Å². The average molecular weight is 295 g/mol. The van der Waals surface area contributed by atoms with Gasteiger partial charge in [0.1, 0.15) is 11.5 Å². The third kappa shape index (κ3) is 4.55. The van der Waals surface area contributed by atoms with Crippen LogP contribution in [0.2, 0.25) is 0 Å². The van der Waals surface area contributed by atoms with Crippen LogP contribution in [0, 0.1) is 0 Å². The van der Waals surface area contributed by atoms with Gasteiger partial charge >= 0.3 is 0 Å². The monoisotopic (exact) mass is 294 g/mol. The molecule has 0 heterocycles. The van der Waals surface area contributed by atoms with Gasteiger partial charge in [-0.25, -0.2) is 0 Å². The summed E-state index contributed by atoms with van der Waals surface area (Å²) < 4.78 is 11.1. The number of hydrogen-bond acceptors (Lipinski definition) is 4. The summed E-state index contributed by atoms with van der Waals surface area (Å²) in [5.74, 6) is 1.42. The molecule has 0 saturated carbocycles. The summed E-state index contributed by atoms with van der Waals surface area (Å²) in [5.41, 5.74) is 12.8. The lowest BCUT2D eigenvalue weighted by molar-refractivity contribution is 0.249. The quantitative estimate of drug-likeness (QED) is 0.634. The lowest BCUT2D eigenvalue weighted by Crippen LogP contribution is -2.06. The molecule has 0 saturated heterocycles. The van der Waals surface area contributed by atoms with Gasteiger partial charge in [-0.2, -0.15) is 0 Å². The van der Waals surface area contributed by atoms with E-state index in [-0.39, 0.29) is 12.4 Å². The zero-order valence-corrected chi connectivity index (χ0v) is 11.9. The molecule has 0 bridgehead atoms. The number of benzene rings is 2. The van der Waals surface area contributed by atoms with Crippen LogP contribution >= 0.6 is 12.4 Å². The Balaban J connectivity index is 0.00000200. The number of hydrogen-bond donors (Lipinski definition) is 2. The smallest absolute Gasteiger partial charge is 0.142 e. The van der Waals surface area contributed by atoms with Gasteiger partial charge in [-0.15, -0.1) is 12.4 Å². The largest absolute Gasteiger partial charge is 0.491 e. The van der Waals surface area contributed by atoms with Gasteiger partial charge in [0.25, 0.3) is 0 Å². The minimum Gasteiger partial charge on any atom is -0.491 e. The molecule has 2 aromatic rings. The summed E-state index contributed by atoms with van der Waals surface area (Å²) in [6.07, 6.45) is 0.767. The molecule has 0 atom stereocenters. The van der Waals surface area contributed by atoms with E-state index < -0.39 is 0 Å². The third-order valence-corrected chi connectivity index (χ3v) is 2.64. The van der Waals surface area contributed by atoms with Gasteiger partial charge in [0.05, 0.1) is 24.6 Å². The van der Waals surface area contributed by atoms with Crippen LogP contribution in [0.15, 0.2) is 48.5 Å². The van der Waals surface area contributed by atoms with E-state index in [0.717, 1.165) is 6.42 Å². The van der Waals surface area contributed by atoms with E-state index in [2.05, 4.69) is 0 Å². The minimum atomic E-state index is 0. The van der Waals surface area contributed by atoms with E-state index in [1.54, 1.807) is 0 Å². The van der Waals surface area contributed by atoms with Crippen LogP contribution in [-0.2, 0) is 0 Å². The van der Waals surface area contributed by atoms with E-state index >= 15 is 0 Å². The van der Waals surface area contributed by atoms with Gasteiger partial charge in [-0.05, 0) is 24.3 Å². The molecule has 108 valence electrons. The Bertz CT molecular complexity index is 487. The number of nitrogen functional groups attached to an aromatic ring is 2. The maximum atomic E-state index is 5.77. The fourth-order valence-corrected chi connectivity index (χ4v) is 1.65. The fourth-order valence-electron chi connectivity index (χ4n) is 1.65. The predicted molar refractivity (Wildman–Crippen MR) is 84.6 cm³/mol. The Morgan fingerprint density at radius 3 is 1.50 bits per heavy atom. The van der Waals surface area contributed by atoms with Gasteiger partial charge in [-0.3, -0.25) is 0 Å². The molecule has 0 unspecified atom stereocenters. The molecule has 2 aromatic carbocycles. The van der Waals surface area contributed by atoms with Crippen molar-refractivity contribution in [3.05, 3.63) is 48.5 Å². The van der Waals surface area contributed by atoms with E-state index in [0.29, 0.717) is 36.1 Å². The van der Waals surface area contributed by atoms with Crippen molar-refractivity contribution < 1.29 is 9.47 Å². The molecule has 0 aliphatic heterocycles. The van der Waals surface area contributed by atoms with Gasteiger partial charge in [0.2, 0.25) is 0 Å². The Hall–Kier alpha value is -2.07. The first-order valence-corrected chi connectivity index (χ1v) is 6.22. The Labute approximate surface area is 125 Å². The summed E-state index contributed by atoms with van der Waals surface area (Å²) in [4.78, 5) is 0. The van der Waals surface area contributed by atoms with E-state index in [4.69, 9.17) is 20.9 Å². The van der Waals surface area contributed by atoms with Crippen LogP contribution in [0.1, 0.15) is 6.42 Å². The van der Waals surface area contributed by atoms with E-state index in [1.165, 1.54) is 0 Å². The second-order valence-electron chi connectivity index (χ2n) is 4.13. The molecular weight excluding hydrogens is 276 g/mol. The van der Waals surface area contributed by atoms with Crippen molar-refractivity contribution in [3.8, 4) is 11.5 Å². The van der Waals surface area contributed by atoms with Crippen LogP contribution in [0.25, 0.3) is 0 Å². The summed E-state index contributed by atoms with van der Waals surface area (Å²) >= 11 is 0. The first-order valence-electron chi connectivity index (χ1n) is 6.22. The van der Waals surface area contributed by atoms with Crippen molar-refractivity contribution in [3.63, 3.8) is 0 Å². The van der Waals surface area contributed by atoms with Gasteiger partial charge in [-0.1, -0.05) is 24.3 Å². The van der Waals surface area contributed by atoms with Crippen LogP contribution in [0.5, 0.6) is 11.5 Å². The van der Waals surface area contributed by atoms with Crippen molar-refractivity contribution in [1.82, 2.24) is 0 Å². The Morgan fingerprint density at radius 1 is 0.700 bits per heavy atom. The molecule has 20 heavy (non-hydrogen) atoms. The average Bonchev–Trinajstić information content (AvgIpc) is 2.42. The molecule has 4 nitrogen and oxygen atoms in total. The molecule has 0 aromatic heterocycles. The second-order valence-corrected chi connectivity index (χ2v) is 4.13. The number of anilines is 2. The Morgan fingerprint density at radius 2 is 1.10 bits per heavy atom. The number of para-hydroxylation sites is 4. The molecule has 5 heteroatoms. The van der Waals surface area contributed by atoms with Gasteiger partial charge in [0.15, 0.2) is 0 Å². The maximum Gasteiger partial charge on any atom is 0.142 e. The minimum absolute atomic E-state index is 0. The molecule has 4 N–H and O–H groups in total. The highest BCUT2D eigenvalue weighted by molar-refractivity contribution is 5.85. The Kier molecular flexibility index (Phi) is 6.53. The molecule has 0 aliphatic rings. The van der Waals surface area contributed by atoms with Crippen molar-refractivity contribution in [2.75, 3.05) is 24.7 Å². The zero-order valence-electron chi connectivity index (χ0n) is 11.1. The highest BCUT2D eigenvalue weighted by Crippen LogP contribution is 2.21. The van der Waals surface area contributed by atoms with Crippen molar-refractivity contribution >= 4 is 23.8 Å². The molecule has 2 rings (SSSR count). The predicted octanol–water partition coefficient (Wildman–Crippen LogP) is 3.12. The van der Waals surface area contributed by atoms with Gasteiger partial charge in [0, 0.05) is 6.42 Å². The van der Waals surface area contributed by atoms with Crippen LogP contribution < -0.4 is 20.9 Å². The molecule has 0 spiro atoms. The van der Waals surface area contributed by atoms with Gasteiger partial charge < -0.3 is 20.9 Å². The van der Waals surface area contributed by atoms with Crippen molar-refractivity contribution in [1.29, 1.82) is 0 Å². The van der Waals surface area contributed by atoms with Crippen LogP contribution in [0.4, 0.5) is 11.4 Å². The lowest BCUT2D eigenvalue weighted by Gasteiger charge is -2.10. The summed E-state index contributed by atoms with van der Waals surface area (Å²) in [5, 5.41) is 0. The zero-order chi connectivity index (χ0) is 13.5. The summed E-state index contributed by atoms with van der Waals surface area (Å²) in [7, 11) is 0. The van der Waals surface area contributed by atoms with Crippen molar-refractivity contribution in [2.45, 2.75) is 6.42 Å². The maximum absolute atomic E-state index is 5.77. The van der Waals surface area contributed by atoms with Crippen LogP contribution in [0.3, 0.4) is 0 Å². The van der Waals surface area contributed by atoms with E-state index in [1.807, 2.05) is 48.5 Å². The third-order valence-electron chi connectivity index (χ3n) is 2.64. The SMILES string of the molecule is Cl.Nc1ccccc1OCCCOc1ccccc1N. The van der Waals surface area contributed by atoms with E-state index in [9.17, 15) is 0 Å². The fraction of sp³-hybridized carbons (Fsp3) is 0.200. The summed E-state index contributed by atoms with van der Waals surface area (Å²) in [6, 6.07) is 14.9. The molecular formula is C15H19ClN2O2. The normalized spacial score (nSPS) is 9.60. The standard InChI is InChI=1S/C15H18N2O2.ClH/c16-12-6-1-3-8-14(12)18-10-5-11-19-15-9-4-2-7-13(15)17;/h1-4,6-9H,5,10-11,16-17H2;1H. The summed E-state index contributed by atoms with van der Waals surface area (Å²) in [6.45, 7) is 1.11. The first-order chi connectivity index (χ1) is 9.27. The lowest BCUT2D eigenvalue weighted by atomic mass is 10.3. The topological polar surface area (TPSA) is 70.5 Å². The highest BCUT2D eigenvalue weighted by Gasteiger charge is 2.00. The molecule has 0 amide bonds. The number of nitrogens with two attached hydrogens (primary N) is 2. The molecule has 0 aliphatic carbocycles. The van der Waals surface area contributed by atoms with Crippen LogP contribution in [-0.4, -0.2) is 13.2 Å². The second kappa shape index (κ2) is 8.17. The number of halogens is 1. The molecule has 0 radical (unpaired) electrons.